The fourth-order valence-corrected chi connectivity index (χ4v) is 2.82. The number of carboxylic acid groups (broad SMARTS) is 1. The Morgan fingerprint density at radius 1 is 1.17 bits per heavy atom. The van der Waals surface area contributed by atoms with Crippen molar-refractivity contribution in [1.82, 2.24) is 0 Å². The monoisotopic (exact) mass is 427 g/mol. The minimum Gasteiger partial charge on any atom is -0.488 e. The molecule has 0 radical (unpaired) electrons. The van der Waals surface area contributed by atoms with Crippen LogP contribution >= 0.6 is 0 Å². The molecule has 2 rings (SSSR count). The number of ether oxygens (including phenoxy) is 2. The summed E-state index contributed by atoms with van der Waals surface area (Å²) in [5, 5.41) is 20.1. The van der Waals surface area contributed by atoms with Crippen LogP contribution in [-0.4, -0.2) is 35.5 Å². The number of aliphatic carboxylic acids is 1. The van der Waals surface area contributed by atoms with Gasteiger partial charge in [0.05, 0.1) is 17.8 Å². The zero-order valence-electron chi connectivity index (χ0n) is 16.6. The molecule has 0 aromatic heterocycles. The Hall–Kier alpha value is -2.94. The molecule has 30 heavy (non-hydrogen) atoms. The Labute approximate surface area is 172 Å². The Balaban J connectivity index is 2.05. The van der Waals surface area contributed by atoms with E-state index < -0.39 is 30.4 Å². The molecule has 164 valence electrons. The molecule has 0 aliphatic carbocycles. The lowest BCUT2D eigenvalue weighted by Crippen LogP contribution is -2.33. The van der Waals surface area contributed by atoms with Crippen molar-refractivity contribution < 1.29 is 37.8 Å². The van der Waals surface area contributed by atoms with Gasteiger partial charge in [0, 0.05) is 0 Å². The number of carbonyl (C=O) groups is 1. The van der Waals surface area contributed by atoms with Crippen LogP contribution in [0.3, 0.4) is 0 Å². The predicted molar refractivity (Wildman–Crippen MR) is 104 cm³/mol. The van der Waals surface area contributed by atoms with Crippen LogP contribution in [0.15, 0.2) is 42.5 Å². The van der Waals surface area contributed by atoms with Gasteiger partial charge in [-0.2, -0.15) is 13.2 Å². The number of rotatable bonds is 10. The summed E-state index contributed by atoms with van der Waals surface area (Å²) >= 11 is 0. The molecule has 2 N–H and O–H groups in total. The van der Waals surface area contributed by atoms with Crippen molar-refractivity contribution in [3.63, 3.8) is 0 Å². The smallest absolute Gasteiger partial charge is 0.416 e. The maximum Gasteiger partial charge on any atom is 0.416 e. The van der Waals surface area contributed by atoms with Gasteiger partial charge in [0.2, 0.25) is 0 Å². The topological polar surface area (TPSA) is 79.2 Å². The van der Waals surface area contributed by atoms with Crippen LogP contribution < -0.4 is 14.5 Å². The molecule has 0 aliphatic heterocycles. The third-order valence-electron chi connectivity index (χ3n) is 4.28. The number of hydroxylamine groups is 1. The first kappa shape index (κ1) is 23.3. The van der Waals surface area contributed by atoms with Gasteiger partial charge in [0.25, 0.3) is 0 Å². The second-order valence-corrected chi connectivity index (χ2v) is 6.76. The minimum atomic E-state index is -4.42. The summed E-state index contributed by atoms with van der Waals surface area (Å²) in [7, 11) is 0. The Morgan fingerprint density at radius 3 is 2.37 bits per heavy atom. The van der Waals surface area contributed by atoms with Crippen LogP contribution in [0.2, 0.25) is 0 Å². The van der Waals surface area contributed by atoms with E-state index >= 15 is 0 Å². The largest absolute Gasteiger partial charge is 0.488 e. The van der Waals surface area contributed by atoms with E-state index in [2.05, 4.69) is 0 Å². The molecule has 0 bridgehead atoms. The molecule has 1 unspecified atom stereocenters. The Morgan fingerprint density at radius 2 is 1.83 bits per heavy atom. The SMILES string of the molecule is CCCC(CN(O)c1ccc(OCC(=O)O)c(C)c1)Oc1ccc(C(F)(F)F)cc1. The number of hydrogen-bond donors (Lipinski definition) is 2. The van der Waals surface area contributed by atoms with E-state index in [4.69, 9.17) is 14.6 Å². The van der Waals surface area contributed by atoms with Gasteiger partial charge in [0.1, 0.15) is 17.6 Å². The summed E-state index contributed by atoms with van der Waals surface area (Å²) in [6, 6.07) is 9.19. The number of carboxylic acids is 1. The third-order valence-corrected chi connectivity index (χ3v) is 4.28. The molecule has 0 spiro atoms. The molecule has 0 aliphatic rings. The number of alkyl halides is 3. The molecule has 2 aromatic rings. The number of anilines is 1. The number of hydrogen-bond acceptors (Lipinski definition) is 5. The van der Waals surface area contributed by atoms with Gasteiger partial charge in [-0.1, -0.05) is 13.3 Å². The lowest BCUT2D eigenvalue weighted by molar-refractivity contribution is -0.139. The fourth-order valence-electron chi connectivity index (χ4n) is 2.82. The number of benzene rings is 2. The fraction of sp³-hybridized carbons (Fsp3) is 0.381. The van der Waals surface area contributed by atoms with Crippen LogP contribution in [0.1, 0.15) is 30.9 Å². The summed E-state index contributed by atoms with van der Waals surface area (Å²) in [4.78, 5) is 10.6. The predicted octanol–water partition coefficient (Wildman–Crippen LogP) is 4.92. The maximum atomic E-state index is 12.7. The van der Waals surface area contributed by atoms with E-state index in [1.807, 2.05) is 6.92 Å². The highest BCUT2D eigenvalue weighted by Gasteiger charge is 2.30. The molecule has 1 atom stereocenters. The molecule has 6 nitrogen and oxygen atoms in total. The molecule has 0 fully saturated rings. The summed E-state index contributed by atoms with van der Waals surface area (Å²) < 4.78 is 49.0. The van der Waals surface area contributed by atoms with Crippen molar-refractivity contribution >= 4 is 11.7 Å². The average Bonchev–Trinajstić information content (AvgIpc) is 2.66. The van der Waals surface area contributed by atoms with Crippen LogP contribution in [0.4, 0.5) is 18.9 Å². The first-order valence-corrected chi connectivity index (χ1v) is 9.35. The van der Waals surface area contributed by atoms with Crippen molar-refractivity contribution in [2.75, 3.05) is 18.2 Å². The molecule has 0 amide bonds. The van der Waals surface area contributed by atoms with Gasteiger partial charge in [-0.15, -0.1) is 0 Å². The zero-order chi connectivity index (χ0) is 22.3. The van der Waals surface area contributed by atoms with E-state index in [-0.39, 0.29) is 12.3 Å². The minimum absolute atomic E-state index is 0.0869. The number of halogens is 3. The van der Waals surface area contributed by atoms with E-state index in [0.717, 1.165) is 23.6 Å². The zero-order valence-corrected chi connectivity index (χ0v) is 16.6. The van der Waals surface area contributed by atoms with Crippen molar-refractivity contribution in [2.45, 2.75) is 39.0 Å². The number of nitrogens with zero attached hydrogens (tertiary/aromatic N) is 1. The lowest BCUT2D eigenvalue weighted by Gasteiger charge is -2.25. The molecular formula is C21H24F3NO5. The highest BCUT2D eigenvalue weighted by molar-refractivity contribution is 5.68. The average molecular weight is 427 g/mol. The summed E-state index contributed by atoms with van der Waals surface area (Å²) in [5.41, 5.74) is 0.335. The van der Waals surface area contributed by atoms with Crippen LogP contribution in [0, 0.1) is 6.92 Å². The van der Waals surface area contributed by atoms with E-state index in [9.17, 15) is 23.2 Å². The Bertz CT molecular complexity index is 840. The summed E-state index contributed by atoms with van der Waals surface area (Å²) in [6.07, 6.45) is -3.54. The van der Waals surface area contributed by atoms with Crippen LogP contribution in [0.5, 0.6) is 11.5 Å². The Kier molecular flexibility index (Phi) is 7.93. The highest BCUT2D eigenvalue weighted by atomic mass is 19.4. The molecule has 0 saturated carbocycles. The van der Waals surface area contributed by atoms with Crippen LogP contribution in [0.25, 0.3) is 0 Å². The van der Waals surface area contributed by atoms with E-state index in [1.165, 1.54) is 12.1 Å². The van der Waals surface area contributed by atoms with E-state index in [0.29, 0.717) is 23.4 Å². The second kappa shape index (κ2) is 10.2. The first-order valence-electron chi connectivity index (χ1n) is 9.35. The van der Waals surface area contributed by atoms with Crippen molar-refractivity contribution in [2.24, 2.45) is 0 Å². The standard InChI is InChI=1S/C21H24F3NO5/c1-3-4-18(30-17-8-5-15(6-9-17)21(22,23)24)12-25(28)16-7-10-19(14(2)11-16)29-13-20(26)27/h5-11,18,28H,3-4,12-13H2,1-2H3,(H,26,27). The van der Waals surface area contributed by atoms with Gasteiger partial charge >= 0.3 is 12.1 Å². The normalized spacial score (nSPS) is 12.3. The van der Waals surface area contributed by atoms with E-state index in [1.54, 1.807) is 25.1 Å². The first-order chi connectivity index (χ1) is 14.1. The maximum absolute atomic E-state index is 12.7. The molecule has 2 aromatic carbocycles. The van der Waals surface area contributed by atoms with Gasteiger partial charge in [-0.05, 0) is 61.4 Å². The van der Waals surface area contributed by atoms with Crippen LogP contribution in [-0.2, 0) is 11.0 Å². The highest BCUT2D eigenvalue weighted by Crippen LogP contribution is 2.31. The number of aryl methyl sites for hydroxylation is 1. The molecule has 9 heteroatoms. The molecular weight excluding hydrogens is 403 g/mol. The second-order valence-electron chi connectivity index (χ2n) is 6.76. The van der Waals surface area contributed by atoms with Crippen molar-refractivity contribution in [1.29, 1.82) is 0 Å². The van der Waals surface area contributed by atoms with Crippen molar-refractivity contribution in [3.05, 3.63) is 53.6 Å². The summed E-state index contributed by atoms with van der Waals surface area (Å²) in [5.74, 6) is -0.422. The lowest BCUT2D eigenvalue weighted by atomic mass is 10.1. The van der Waals surface area contributed by atoms with Gasteiger partial charge in [-0.25, -0.2) is 4.79 Å². The van der Waals surface area contributed by atoms with Gasteiger partial charge in [-0.3, -0.25) is 10.3 Å². The molecule has 0 saturated heterocycles. The quantitative estimate of drug-likeness (QED) is 0.524. The van der Waals surface area contributed by atoms with Gasteiger partial charge < -0.3 is 14.6 Å². The molecule has 0 heterocycles. The van der Waals surface area contributed by atoms with Gasteiger partial charge in [0.15, 0.2) is 6.61 Å². The third kappa shape index (κ3) is 6.84. The van der Waals surface area contributed by atoms with Crippen molar-refractivity contribution in [3.8, 4) is 11.5 Å². The summed E-state index contributed by atoms with van der Waals surface area (Å²) in [6.45, 7) is 3.27.